The summed E-state index contributed by atoms with van der Waals surface area (Å²) in [6.07, 6.45) is -11.9. The number of alkyl halides is 6. The molecule has 4 aromatic rings. The highest BCUT2D eigenvalue weighted by Gasteiger charge is 2.71. The Balaban J connectivity index is 1.93. The van der Waals surface area contributed by atoms with Gasteiger partial charge in [-0.25, -0.2) is 4.98 Å². The monoisotopic (exact) mass is 526 g/mol. The van der Waals surface area contributed by atoms with Crippen LogP contribution in [-0.2, 0) is 12.0 Å². The number of aliphatic hydroxyl groups is 1. The molecule has 0 aliphatic rings. The van der Waals surface area contributed by atoms with Crippen molar-refractivity contribution >= 4 is 22.5 Å². The lowest BCUT2D eigenvalue weighted by molar-refractivity contribution is -0.376. The summed E-state index contributed by atoms with van der Waals surface area (Å²) in [4.78, 5) is 18.0. The lowest BCUT2D eigenvalue weighted by atomic mass is 9.92. The van der Waals surface area contributed by atoms with Gasteiger partial charge in [-0.2, -0.15) is 26.3 Å². The fraction of sp³-hybridized carbons (Fsp3) is 0.200. The molecule has 1 N–H and O–H groups in total. The van der Waals surface area contributed by atoms with Gasteiger partial charge in [-0.3, -0.25) is 9.36 Å². The first-order valence-corrected chi connectivity index (χ1v) is 10.8. The van der Waals surface area contributed by atoms with Crippen molar-refractivity contribution in [3.05, 3.63) is 105 Å². The third kappa shape index (κ3) is 4.35. The van der Waals surface area contributed by atoms with E-state index in [4.69, 9.17) is 11.6 Å². The average molecular weight is 527 g/mol. The van der Waals surface area contributed by atoms with Gasteiger partial charge in [0.05, 0.1) is 16.6 Å². The van der Waals surface area contributed by atoms with Crippen molar-refractivity contribution in [3.63, 3.8) is 0 Å². The number of benzene rings is 3. The van der Waals surface area contributed by atoms with Crippen LogP contribution < -0.4 is 5.56 Å². The van der Waals surface area contributed by atoms with E-state index in [9.17, 15) is 36.2 Å². The van der Waals surface area contributed by atoms with Gasteiger partial charge < -0.3 is 5.11 Å². The minimum absolute atomic E-state index is 0.0347. The van der Waals surface area contributed by atoms with Gasteiger partial charge in [-0.05, 0) is 42.3 Å². The van der Waals surface area contributed by atoms with Crippen LogP contribution in [0, 0.1) is 6.92 Å². The molecule has 0 bridgehead atoms. The Labute approximate surface area is 205 Å². The molecule has 36 heavy (non-hydrogen) atoms. The molecular weight excluding hydrogens is 510 g/mol. The van der Waals surface area contributed by atoms with Crippen LogP contribution >= 0.6 is 11.6 Å². The average Bonchev–Trinajstić information content (AvgIpc) is 2.80. The molecule has 0 aliphatic heterocycles. The lowest BCUT2D eigenvalue weighted by Crippen LogP contribution is -2.53. The number of rotatable bonds is 4. The predicted molar refractivity (Wildman–Crippen MR) is 122 cm³/mol. The first kappa shape index (κ1) is 25.7. The van der Waals surface area contributed by atoms with Crippen LogP contribution in [0.1, 0.15) is 22.5 Å². The first-order valence-electron chi connectivity index (χ1n) is 10.5. The zero-order chi connectivity index (χ0) is 26.5. The maximum absolute atomic E-state index is 13.5. The van der Waals surface area contributed by atoms with Crippen molar-refractivity contribution in [2.45, 2.75) is 31.3 Å². The van der Waals surface area contributed by atoms with Crippen molar-refractivity contribution in [2.24, 2.45) is 0 Å². The molecule has 0 aliphatic carbocycles. The van der Waals surface area contributed by atoms with Crippen LogP contribution in [0.5, 0.6) is 0 Å². The highest BCUT2D eigenvalue weighted by atomic mass is 35.5. The number of fused-ring (bicyclic) bond motifs is 1. The number of aromatic nitrogens is 2. The molecule has 4 rings (SSSR count). The van der Waals surface area contributed by atoms with E-state index in [0.717, 1.165) is 22.3 Å². The number of aryl methyl sites for hydroxylation is 1. The van der Waals surface area contributed by atoms with Gasteiger partial charge in [-0.15, -0.1) is 0 Å². The van der Waals surface area contributed by atoms with E-state index in [1.54, 1.807) is 43.3 Å². The Morgan fingerprint density at radius 2 is 1.50 bits per heavy atom. The van der Waals surface area contributed by atoms with Crippen molar-refractivity contribution < 1.29 is 31.4 Å². The second kappa shape index (κ2) is 8.94. The fourth-order valence-corrected chi connectivity index (χ4v) is 4.02. The smallest absolute Gasteiger partial charge is 0.369 e. The van der Waals surface area contributed by atoms with Crippen LogP contribution in [-0.4, -0.2) is 27.0 Å². The molecule has 188 valence electrons. The van der Waals surface area contributed by atoms with E-state index in [1.807, 2.05) is 0 Å². The highest BCUT2D eigenvalue weighted by Crippen LogP contribution is 2.50. The maximum Gasteiger partial charge on any atom is 0.430 e. The maximum atomic E-state index is 13.5. The predicted octanol–water partition coefficient (Wildman–Crippen LogP) is 6.25. The van der Waals surface area contributed by atoms with Crippen molar-refractivity contribution in [2.75, 3.05) is 0 Å². The molecule has 0 fully saturated rings. The molecular formula is C25H17ClF6N2O2. The van der Waals surface area contributed by atoms with E-state index in [0.29, 0.717) is 28.2 Å². The standard InChI is InChI=1S/C25H17ClF6N2O2/c1-14-11-20-18(13-19(14)26)22(35)34(21(33-20)12-15-5-3-2-4-6-15)17-9-7-16(8-10-17)23(36,24(27,28)29)25(30,31)32/h2-11,13,36H,12H2,1H3. The summed E-state index contributed by atoms with van der Waals surface area (Å²) in [6, 6.07) is 14.7. The molecule has 0 atom stereocenters. The van der Waals surface area contributed by atoms with Crippen LogP contribution in [0.4, 0.5) is 26.3 Å². The summed E-state index contributed by atoms with van der Waals surface area (Å²) < 4.78 is 80.8. The summed E-state index contributed by atoms with van der Waals surface area (Å²) in [7, 11) is 0. The highest BCUT2D eigenvalue weighted by molar-refractivity contribution is 6.32. The van der Waals surface area contributed by atoms with Gasteiger partial charge in [-0.1, -0.05) is 54.1 Å². The normalized spacial score (nSPS) is 12.8. The van der Waals surface area contributed by atoms with Crippen molar-refractivity contribution in [1.82, 2.24) is 9.55 Å². The molecule has 0 amide bonds. The van der Waals surface area contributed by atoms with Gasteiger partial charge in [0.15, 0.2) is 0 Å². The summed E-state index contributed by atoms with van der Waals surface area (Å²) in [6.45, 7) is 1.73. The van der Waals surface area contributed by atoms with Gasteiger partial charge in [0, 0.05) is 17.0 Å². The topological polar surface area (TPSA) is 55.1 Å². The van der Waals surface area contributed by atoms with E-state index >= 15 is 0 Å². The summed E-state index contributed by atoms with van der Waals surface area (Å²) in [5.74, 6) is 0.204. The number of hydrogen-bond donors (Lipinski definition) is 1. The summed E-state index contributed by atoms with van der Waals surface area (Å²) in [5.41, 5.74) is -5.38. The molecule has 0 unspecified atom stereocenters. The minimum Gasteiger partial charge on any atom is -0.369 e. The molecule has 0 radical (unpaired) electrons. The number of halogens is 7. The SMILES string of the molecule is Cc1cc2nc(Cc3ccccc3)n(-c3ccc(C(O)(C(F)(F)F)C(F)(F)F)cc3)c(=O)c2cc1Cl. The van der Waals surface area contributed by atoms with E-state index in [2.05, 4.69) is 4.98 Å². The Morgan fingerprint density at radius 1 is 0.917 bits per heavy atom. The molecule has 3 aromatic carbocycles. The Kier molecular flexibility index (Phi) is 6.38. The van der Waals surface area contributed by atoms with Gasteiger partial charge in [0.2, 0.25) is 0 Å². The molecule has 0 saturated heterocycles. The largest absolute Gasteiger partial charge is 0.430 e. The van der Waals surface area contributed by atoms with E-state index < -0.39 is 29.1 Å². The number of nitrogens with zero attached hydrogens (tertiary/aromatic N) is 2. The summed E-state index contributed by atoms with van der Waals surface area (Å²) >= 11 is 6.17. The zero-order valence-electron chi connectivity index (χ0n) is 18.5. The second-order valence-electron chi connectivity index (χ2n) is 8.20. The zero-order valence-corrected chi connectivity index (χ0v) is 19.2. The van der Waals surface area contributed by atoms with Crippen LogP contribution in [0.3, 0.4) is 0 Å². The van der Waals surface area contributed by atoms with Gasteiger partial charge >= 0.3 is 12.4 Å². The Hall–Kier alpha value is -3.37. The van der Waals surface area contributed by atoms with E-state index in [-0.39, 0.29) is 23.3 Å². The molecule has 11 heteroatoms. The van der Waals surface area contributed by atoms with E-state index in [1.165, 1.54) is 6.07 Å². The molecule has 0 spiro atoms. The third-order valence-electron chi connectivity index (χ3n) is 5.79. The van der Waals surface area contributed by atoms with Crippen LogP contribution in [0.2, 0.25) is 5.02 Å². The first-order chi connectivity index (χ1) is 16.7. The van der Waals surface area contributed by atoms with Crippen molar-refractivity contribution in [1.29, 1.82) is 0 Å². The quantitative estimate of drug-likeness (QED) is 0.320. The molecule has 0 saturated carbocycles. The van der Waals surface area contributed by atoms with Gasteiger partial charge in [0.1, 0.15) is 5.82 Å². The lowest BCUT2D eigenvalue weighted by Gasteiger charge is -2.32. The van der Waals surface area contributed by atoms with Crippen LogP contribution in [0.25, 0.3) is 16.6 Å². The minimum atomic E-state index is -6.03. The van der Waals surface area contributed by atoms with Crippen LogP contribution in [0.15, 0.2) is 71.5 Å². The third-order valence-corrected chi connectivity index (χ3v) is 6.19. The number of hydrogen-bond acceptors (Lipinski definition) is 3. The molecule has 4 nitrogen and oxygen atoms in total. The fourth-order valence-electron chi connectivity index (χ4n) is 3.86. The molecule has 1 heterocycles. The Bertz CT molecular complexity index is 1470. The molecule has 1 aromatic heterocycles. The summed E-state index contributed by atoms with van der Waals surface area (Å²) in [5, 5.41) is 10.1. The van der Waals surface area contributed by atoms with Gasteiger partial charge in [0.25, 0.3) is 11.2 Å². The second-order valence-corrected chi connectivity index (χ2v) is 8.61. The van der Waals surface area contributed by atoms with Crippen molar-refractivity contribution in [3.8, 4) is 5.69 Å². The Morgan fingerprint density at radius 3 is 2.06 bits per heavy atom.